The summed E-state index contributed by atoms with van der Waals surface area (Å²) in [6, 6.07) is 2.01. The van der Waals surface area contributed by atoms with E-state index < -0.39 is 17.3 Å². The molecule has 0 unspecified atom stereocenters. The number of amides is 1. The molecule has 1 amide bonds. The monoisotopic (exact) mass is 259 g/mol. The molecule has 1 aromatic heterocycles. The van der Waals surface area contributed by atoms with Crippen molar-refractivity contribution in [2.24, 2.45) is 11.1 Å². The van der Waals surface area contributed by atoms with Gasteiger partial charge in [0.2, 0.25) is 5.91 Å². The molecule has 1 aliphatic rings. The van der Waals surface area contributed by atoms with Crippen LogP contribution in [0.3, 0.4) is 0 Å². The molecule has 1 heterocycles. The van der Waals surface area contributed by atoms with E-state index in [1.165, 1.54) is 6.07 Å². The number of hydrogen-bond acceptors (Lipinski definition) is 3. The summed E-state index contributed by atoms with van der Waals surface area (Å²) in [6.45, 7) is 0.243. The predicted molar refractivity (Wildman–Crippen MR) is 58.6 cm³/mol. The first kappa shape index (κ1) is 12.8. The quantitative estimate of drug-likeness (QED) is 0.869. The molecule has 3 N–H and O–H groups in total. The first-order valence-corrected chi connectivity index (χ1v) is 5.42. The number of alkyl halides is 3. The van der Waals surface area contributed by atoms with E-state index in [0.717, 1.165) is 12.3 Å². The van der Waals surface area contributed by atoms with E-state index in [1.54, 1.807) is 0 Å². The molecule has 1 fully saturated rings. The van der Waals surface area contributed by atoms with Crippen LogP contribution in [0.5, 0.6) is 0 Å². The fourth-order valence-corrected chi connectivity index (χ4v) is 1.57. The Morgan fingerprint density at radius 2 is 2.11 bits per heavy atom. The third-order valence-corrected chi connectivity index (χ3v) is 3.04. The van der Waals surface area contributed by atoms with Crippen molar-refractivity contribution in [3.05, 3.63) is 24.0 Å². The van der Waals surface area contributed by atoms with Crippen LogP contribution in [0.1, 0.15) is 18.5 Å². The number of nitrogens with two attached hydrogens (primary N) is 1. The second kappa shape index (κ2) is 4.24. The number of hydrogen-bond donors (Lipinski definition) is 2. The Bertz CT molecular complexity index is 452. The second-order valence-corrected chi connectivity index (χ2v) is 4.37. The van der Waals surface area contributed by atoms with E-state index in [-0.39, 0.29) is 18.1 Å². The zero-order valence-electron chi connectivity index (χ0n) is 9.42. The Balaban J connectivity index is 2.05. The van der Waals surface area contributed by atoms with E-state index in [1.807, 2.05) is 0 Å². The minimum absolute atomic E-state index is 0.243. The Morgan fingerprint density at radius 1 is 1.44 bits per heavy atom. The van der Waals surface area contributed by atoms with E-state index in [4.69, 9.17) is 5.73 Å². The average molecular weight is 259 g/mol. The van der Waals surface area contributed by atoms with Crippen molar-refractivity contribution in [3.8, 4) is 0 Å². The van der Waals surface area contributed by atoms with Crippen LogP contribution in [0.25, 0.3) is 0 Å². The van der Waals surface area contributed by atoms with Gasteiger partial charge in [-0.3, -0.25) is 4.79 Å². The molecule has 7 heteroatoms. The summed E-state index contributed by atoms with van der Waals surface area (Å²) in [5.41, 5.74) is 4.20. The first-order valence-electron chi connectivity index (χ1n) is 5.42. The number of nitrogens with zero attached hydrogens (tertiary/aromatic N) is 1. The van der Waals surface area contributed by atoms with Crippen molar-refractivity contribution in [1.29, 1.82) is 0 Å². The second-order valence-electron chi connectivity index (χ2n) is 4.37. The maximum absolute atomic E-state index is 12.3. The summed E-state index contributed by atoms with van der Waals surface area (Å²) >= 11 is 0. The Kier molecular flexibility index (Phi) is 3.02. The van der Waals surface area contributed by atoms with Crippen molar-refractivity contribution in [3.63, 3.8) is 0 Å². The summed E-state index contributed by atoms with van der Waals surface area (Å²) in [5, 5.41) is 2.53. The number of carbonyl (C=O) groups is 1. The van der Waals surface area contributed by atoms with Crippen LogP contribution in [0.4, 0.5) is 18.9 Å². The van der Waals surface area contributed by atoms with Crippen LogP contribution in [-0.2, 0) is 11.0 Å². The summed E-state index contributed by atoms with van der Waals surface area (Å²) in [7, 11) is 0. The van der Waals surface area contributed by atoms with Crippen molar-refractivity contribution < 1.29 is 18.0 Å². The van der Waals surface area contributed by atoms with Gasteiger partial charge in [-0.25, -0.2) is 4.98 Å². The minimum Gasteiger partial charge on any atom is -0.329 e. The zero-order valence-corrected chi connectivity index (χ0v) is 9.42. The molecular formula is C11H12F3N3O. The summed E-state index contributed by atoms with van der Waals surface area (Å²) in [5.74, 6) is -0.258. The van der Waals surface area contributed by atoms with Crippen LogP contribution >= 0.6 is 0 Å². The number of nitrogens with one attached hydrogen (secondary N) is 1. The fraction of sp³-hybridized carbons (Fsp3) is 0.455. The number of carbonyl (C=O) groups excluding carboxylic acids is 1. The smallest absolute Gasteiger partial charge is 0.329 e. The van der Waals surface area contributed by atoms with Gasteiger partial charge in [0.05, 0.1) is 17.3 Å². The van der Waals surface area contributed by atoms with Crippen LogP contribution in [0.15, 0.2) is 18.3 Å². The lowest BCUT2D eigenvalue weighted by atomic mass is 10.1. The molecule has 0 radical (unpaired) electrons. The molecule has 0 aromatic carbocycles. The normalized spacial score (nSPS) is 17.3. The number of pyridine rings is 1. The summed E-state index contributed by atoms with van der Waals surface area (Å²) in [6.07, 6.45) is -2.06. The van der Waals surface area contributed by atoms with E-state index in [0.29, 0.717) is 12.8 Å². The van der Waals surface area contributed by atoms with Gasteiger partial charge in [0.1, 0.15) is 5.69 Å². The van der Waals surface area contributed by atoms with Gasteiger partial charge in [-0.05, 0) is 25.0 Å². The molecule has 18 heavy (non-hydrogen) atoms. The third-order valence-electron chi connectivity index (χ3n) is 3.04. The largest absolute Gasteiger partial charge is 0.433 e. The minimum atomic E-state index is -4.47. The van der Waals surface area contributed by atoms with Crippen molar-refractivity contribution >= 4 is 11.6 Å². The topological polar surface area (TPSA) is 68.0 Å². The predicted octanol–water partition coefficient (Wildman–Crippen LogP) is 1.78. The van der Waals surface area contributed by atoms with Crippen LogP contribution in [0.2, 0.25) is 0 Å². The number of rotatable bonds is 3. The Labute approximate surface area is 101 Å². The van der Waals surface area contributed by atoms with Gasteiger partial charge in [0, 0.05) is 6.54 Å². The molecule has 0 aliphatic heterocycles. The van der Waals surface area contributed by atoms with E-state index in [2.05, 4.69) is 10.3 Å². The molecule has 1 saturated carbocycles. The Hall–Kier alpha value is -1.63. The van der Waals surface area contributed by atoms with Crippen LogP contribution in [0, 0.1) is 5.41 Å². The molecule has 0 spiro atoms. The number of halogens is 3. The highest BCUT2D eigenvalue weighted by atomic mass is 19.4. The van der Waals surface area contributed by atoms with Gasteiger partial charge < -0.3 is 11.1 Å². The van der Waals surface area contributed by atoms with Crippen molar-refractivity contribution in [2.45, 2.75) is 19.0 Å². The molecular weight excluding hydrogens is 247 g/mol. The SMILES string of the molecule is NCC1(C(=O)Nc2ccc(C(F)(F)F)nc2)CC1. The van der Waals surface area contributed by atoms with Gasteiger partial charge in [-0.15, -0.1) is 0 Å². The average Bonchev–Trinajstić information content (AvgIpc) is 3.09. The summed E-state index contributed by atoms with van der Waals surface area (Å²) < 4.78 is 36.8. The van der Waals surface area contributed by atoms with Crippen molar-refractivity contribution in [2.75, 3.05) is 11.9 Å². The number of anilines is 1. The molecule has 0 atom stereocenters. The standard InChI is InChI=1S/C11H12F3N3O/c12-11(13,14)8-2-1-7(5-16-8)17-9(18)10(6-15)3-4-10/h1-2,5H,3-4,6,15H2,(H,17,18). The lowest BCUT2D eigenvalue weighted by Crippen LogP contribution is -2.30. The van der Waals surface area contributed by atoms with E-state index >= 15 is 0 Å². The van der Waals surface area contributed by atoms with Gasteiger partial charge in [-0.1, -0.05) is 0 Å². The molecule has 1 aromatic rings. The lowest BCUT2D eigenvalue weighted by molar-refractivity contribution is -0.141. The highest BCUT2D eigenvalue weighted by molar-refractivity contribution is 5.97. The van der Waals surface area contributed by atoms with Gasteiger partial charge >= 0.3 is 6.18 Å². The van der Waals surface area contributed by atoms with Crippen LogP contribution < -0.4 is 11.1 Å². The summed E-state index contributed by atoms with van der Waals surface area (Å²) in [4.78, 5) is 15.0. The van der Waals surface area contributed by atoms with Crippen molar-refractivity contribution in [1.82, 2.24) is 4.98 Å². The highest BCUT2D eigenvalue weighted by Gasteiger charge is 2.48. The first-order chi connectivity index (χ1) is 8.37. The molecule has 98 valence electrons. The maximum atomic E-state index is 12.3. The third kappa shape index (κ3) is 2.45. The maximum Gasteiger partial charge on any atom is 0.433 e. The zero-order chi connectivity index (χ0) is 13.4. The van der Waals surface area contributed by atoms with Gasteiger partial charge in [-0.2, -0.15) is 13.2 Å². The van der Waals surface area contributed by atoms with Gasteiger partial charge in [0.15, 0.2) is 0 Å². The lowest BCUT2D eigenvalue weighted by Gasteiger charge is -2.13. The molecule has 0 saturated heterocycles. The highest BCUT2D eigenvalue weighted by Crippen LogP contribution is 2.45. The van der Waals surface area contributed by atoms with Gasteiger partial charge in [0.25, 0.3) is 0 Å². The fourth-order valence-electron chi connectivity index (χ4n) is 1.57. The van der Waals surface area contributed by atoms with Crippen LogP contribution in [-0.4, -0.2) is 17.4 Å². The molecule has 0 bridgehead atoms. The molecule has 2 rings (SSSR count). The van der Waals surface area contributed by atoms with E-state index in [9.17, 15) is 18.0 Å². The molecule has 1 aliphatic carbocycles. The number of aromatic nitrogens is 1. The molecule has 4 nitrogen and oxygen atoms in total. The Morgan fingerprint density at radius 3 is 2.50 bits per heavy atom.